The van der Waals surface area contributed by atoms with Crippen molar-refractivity contribution in [3.63, 3.8) is 0 Å². The van der Waals surface area contributed by atoms with Crippen molar-refractivity contribution in [2.24, 2.45) is 0 Å². The Morgan fingerprint density at radius 2 is 2.19 bits per heavy atom. The fourth-order valence-electron chi connectivity index (χ4n) is 2.25. The highest BCUT2D eigenvalue weighted by Gasteiger charge is 2.11. The zero-order valence-corrected chi connectivity index (χ0v) is 13.5. The van der Waals surface area contributed by atoms with Gasteiger partial charge in [-0.1, -0.05) is 24.6 Å². The Kier molecular flexibility index (Phi) is 6.08. The number of rotatable bonds is 7. The summed E-state index contributed by atoms with van der Waals surface area (Å²) in [5.41, 5.74) is 9.27. The maximum Gasteiger partial charge on any atom is 0.0378 e. The first-order valence-corrected chi connectivity index (χ1v) is 8.28. The van der Waals surface area contributed by atoms with Crippen LogP contribution in [-0.4, -0.2) is 23.3 Å². The van der Waals surface area contributed by atoms with Gasteiger partial charge in [-0.25, -0.2) is 0 Å². The van der Waals surface area contributed by atoms with Crippen molar-refractivity contribution in [2.45, 2.75) is 31.2 Å². The zero-order valence-electron chi connectivity index (χ0n) is 12.7. The molecule has 3 N–H and O–H groups in total. The van der Waals surface area contributed by atoms with Gasteiger partial charge in [0.05, 0.1) is 0 Å². The van der Waals surface area contributed by atoms with E-state index in [1.54, 1.807) is 6.20 Å². The van der Waals surface area contributed by atoms with Crippen LogP contribution in [-0.2, 0) is 6.42 Å². The predicted molar refractivity (Wildman–Crippen MR) is 91.7 cm³/mol. The van der Waals surface area contributed by atoms with E-state index in [1.165, 1.54) is 10.5 Å². The Balaban J connectivity index is 1.97. The number of nitrogens with one attached hydrogen (secondary N) is 1. The number of benzene rings is 1. The van der Waals surface area contributed by atoms with Gasteiger partial charge in [0.1, 0.15) is 0 Å². The van der Waals surface area contributed by atoms with Crippen molar-refractivity contribution in [3.8, 4) is 0 Å². The zero-order chi connectivity index (χ0) is 15.1. The number of hydrogen-bond donors (Lipinski definition) is 2. The molecule has 0 bridgehead atoms. The first-order chi connectivity index (χ1) is 10.2. The van der Waals surface area contributed by atoms with Gasteiger partial charge < -0.3 is 11.1 Å². The molecule has 112 valence electrons. The van der Waals surface area contributed by atoms with E-state index in [0.29, 0.717) is 6.04 Å². The Morgan fingerprint density at radius 3 is 2.90 bits per heavy atom. The molecular formula is C17H23N3S. The van der Waals surface area contributed by atoms with Crippen molar-refractivity contribution in [2.75, 3.05) is 18.0 Å². The summed E-state index contributed by atoms with van der Waals surface area (Å²) in [4.78, 5) is 5.49. The molecule has 2 rings (SSSR count). The molecule has 4 heteroatoms. The summed E-state index contributed by atoms with van der Waals surface area (Å²) in [5.74, 6) is 1.02. The van der Waals surface area contributed by atoms with Crippen molar-refractivity contribution >= 4 is 17.4 Å². The molecule has 1 atom stereocenters. The van der Waals surface area contributed by atoms with Crippen molar-refractivity contribution < 1.29 is 0 Å². The Hall–Kier alpha value is -1.52. The van der Waals surface area contributed by atoms with Crippen LogP contribution in [0.2, 0.25) is 0 Å². The maximum absolute atomic E-state index is 6.02. The minimum atomic E-state index is 0.395. The standard InChI is InChI=1S/C17H23N3S/c1-3-20-15(10-14-11-19-8-7-17(14)18)12-21-16-6-4-5-13(2)9-16/h4-9,11,15,20H,3,10,12H2,1-2H3,(H2,18,19). The van der Waals surface area contributed by atoms with Gasteiger partial charge in [0, 0.05) is 34.8 Å². The van der Waals surface area contributed by atoms with Gasteiger partial charge in [-0.3, -0.25) is 4.98 Å². The average Bonchev–Trinajstić information content (AvgIpc) is 2.47. The van der Waals surface area contributed by atoms with E-state index >= 15 is 0 Å². The Bertz CT molecular complexity index is 571. The first kappa shape index (κ1) is 15.9. The summed E-state index contributed by atoms with van der Waals surface area (Å²) < 4.78 is 0. The second-order valence-electron chi connectivity index (χ2n) is 5.16. The Labute approximate surface area is 131 Å². The third-order valence-electron chi connectivity index (χ3n) is 3.34. The van der Waals surface area contributed by atoms with Gasteiger partial charge in [0.25, 0.3) is 0 Å². The van der Waals surface area contributed by atoms with Crippen LogP contribution in [0.3, 0.4) is 0 Å². The molecule has 1 aromatic carbocycles. The summed E-state index contributed by atoms with van der Waals surface area (Å²) >= 11 is 1.88. The molecule has 1 aromatic heterocycles. The van der Waals surface area contributed by atoms with E-state index < -0.39 is 0 Å². The quantitative estimate of drug-likeness (QED) is 0.771. The molecule has 1 unspecified atom stereocenters. The molecule has 0 saturated heterocycles. The average molecular weight is 301 g/mol. The van der Waals surface area contributed by atoms with E-state index in [4.69, 9.17) is 5.73 Å². The van der Waals surface area contributed by atoms with Crippen LogP contribution in [0.5, 0.6) is 0 Å². The number of nitrogens with zero attached hydrogens (tertiary/aromatic N) is 1. The van der Waals surface area contributed by atoms with Crippen LogP contribution in [0, 0.1) is 6.92 Å². The van der Waals surface area contributed by atoms with Gasteiger partial charge >= 0.3 is 0 Å². The predicted octanol–water partition coefficient (Wildman–Crippen LogP) is 3.29. The molecule has 3 nitrogen and oxygen atoms in total. The molecule has 0 aliphatic heterocycles. The number of nitrogen functional groups attached to an aromatic ring is 1. The fourth-order valence-corrected chi connectivity index (χ4v) is 3.33. The molecule has 0 radical (unpaired) electrons. The number of thioether (sulfide) groups is 1. The molecule has 2 aromatic rings. The molecule has 1 heterocycles. The lowest BCUT2D eigenvalue weighted by Gasteiger charge is -2.18. The van der Waals surface area contributed by atoms with Gasteiger partial charge in [-0.2, -0.15) is 0 Å². The van der Waals surface area contributed by atoms with Gasteiger partial charge in [-0.15, -0.1) is 11.8 Å². The number of likely N-dealkylation sites (N-methyl/N-ethyl adjacent to an activating group) is 1. The normalized spacial score (nSPS) is 12.3. The van der Waals surface area contributed by atoms with Crippen LogP contribution in [0.15, 0.2) is 47.6 Å². The van der Waals surface area contributed by atoms with E-state index in [1.807, 2.05) is 24.0 Å². The van der Waals surface area contributed by atoms with Gasteiger partial charge in [-0.05, 0) is 43.7 Å². The smallest absolute Gasteiger partial charge is 0.0378 e. The number of aryl methyl sites for hydroxylation is 1. The molecule has 0 aliphatic rings. The second-order valence-corrected chi connectivity index (χ2v) is 6.25. The summed E-state index contributed by atoms with van der Waals surface area (Å²) in [6.45, 7) is 5.22. The lowest BCUT2D eigenvalue weighted by molar-refractivity contribution is 0.572. The van der Waals surface area contributed by atoms with E-state index in [-0.39, 0.29) is 0 Å². The lowest BCUT2D eigenvalue weighted by Crippen LogP contribution is -2.33. The molecule has 21 heavy (non-hydrogen) atoms. The third kappa shape index (κ3) is 5.06. The third-order valence-corrected chi connectivity index (χ3v) is 4.50. The summed E-state index contributed by atoms with van der Waals surface area (Å²) in [6.07, 6.45) is 4.52. The van der Waals surface area contributed by atoms with Crippen molar-refractivity contribution in [3.05, 3.63) is 53.9 Å². The maximum atomic E-state index is 6.02. The van der Waals surface area contributed by atoms with Crippen LogP contribution in [0.1, 0.15) is 18.1 Å². The topological polar surface area (TPSA) is 50.9 Å². The minimum absolute atomic E-state index is 0.395. The summed E-state index contributed by atoms with van der Waals surface area (Å²) in [7, 11) is 0. The molecule has 0 fully saturated rings. The summed E-state index contributed by atoms with van der Waals surface area (Å²) in [6, 6.07) is 10.9. The van der Waals surface area contributed by atoms with Crippen LogP contribution in [0.25, 0.3) is 0 Å². The highest BCUT2D eigenvalue weighted by molar-refractivity contribution is 7.99. The van der Waals surface area contributed by atoms with Gasteiger partial charge in [0.15, 0.2) is 0 Å². The van der Waals surface area contributed by atoms with E-state index in [2.05, 4.69) is 48.4 Å². The molecule has 0 amide bonds. The summed E-state index contributed by atoms with van der Waals surface area (Å²) in [5, 5.41) is 3.54. The lowest BCUT2D eigenvalue weighted by atomic mass is 10.1. The first-order valence-electron chi connectivity index (χ1n) is 7.30. The highest BCUT2D eigenvalue weighted by atomic mass is 32.2. The molecular weight excluding hydrogens is 278 g/mol. The number of hydrogen-bond acceptors (Lipinski definition) is 4. The monoisotopic (exact) mass is 301 g/mol. The molecule has 0 spiro atoms. The van der Waals surface area contributed by atoms with Gasteiger partial charge in [0.2, 0.25) is 0 Å². The number of pyridine rings is 1. The number of nitrogens with two attached hydrogens (primary N) is 1. The SMILES string of the molecule is CCNC(CSc1cccc(C)c1)Cc1cnccc1N. The minimum Gasteiger partial charge on any atom is -0.398 e. The van der Waals surface area contributed by atoms with Crippen LogP contribution < -0.4 is 11.1 Å². The number of aromatic nitrogens is 1. The molecule has 0 saturated carbocycles. The highest BCUT2D eigenvalue weighted by Crippen LogP contribution is 2.21. The fraction of sp³-hybridized carbons (Fsp3) is 0.353. The largest absolute Gasteiger partial charge is 0.398 e. The second kappa shape index (κ2) is 8.05. The van der Waals surface area contributed by atoms with E-state index in [0.717, 1.165) is 30.0 Å². The van der Waals surface area contributed by atoms with Crippen LogP contribution in [0.4, 0.5) is 5.69 Å². The van der Waals surface area contributed by atoms with Crippen molar-refractivity contribution in [1.82, 2.24) is 10.3 Å². The Morgan fingerprint density at radius 1 is 1.33 bits per heavy atom. The van der Waals surface area contributed by atoms with Crippen molar-refractivity contribution in [1.29, 1.82) is 0 Å². The van der Waals surface area contributed by atoms with Crippen LogP contribution >= 0.6 is 11.8 Å². The van der Waals surface area contributed by atoms with E-state index in [9.17, 15) is 0 Å². The molecule has 0 aliphatic carbocycles. The number of anilines is 1.